The zero-order valence-corrected chi connectivity index (χ0v) is 13.9. The van der Waals surface area contributed by atoms with Crippen LogP contribution in [0.3, 0.4) is 0 Å². The lowest BCUT2D eigenvalue weighted by molar-refractivity contribution is 0.358. The number of methoxy groups -OCH3 is 2. The molecule has 23 heavy (non-hydrogen) atoms. The SMILES string of the molecule is COc1ccc2c(Nc3cc(Cl)cc(Cl)c3)ncnc2c1OC. The van der Waals surface area contributed by atoms with Gasteiger partial charge in [-0.15, -0.1) is 0 Å². The number of hydrogen-bond donors (Lipinski definition) is 1. The highest BCUT2D eigenvalue weighted by Gasteiger charge is 2.13. The third kappa shape index (κ3) is 3.11. The highest BCUT2D eigenvalue weighted by atomic mass is 35.5. The van der Waals surface area contributed by atoms with Crippen molar-refractivity contribution < 1.29 is 9.47 Å². The van der Waals surface area contributed by atoms with Crippen LogP contribution in [-0.2, 0) is 0 Å². The predicted molar refractivity (Wildman–Crippen MR) is 92.4 cm³/mol. The van der Waals surface area contributed by atoms with Crippen LogP contribution in [0.2, 0.25) is 10.0 Å². The summed E-state index contributed by atoms with van der Waals surface area (Å²) in [4.78, 5) is 8.58. The standard InChI is InChI=1S/C16H13Cl2N3O2/c1-22-13-4-3-12-14(15(13)23-2)19-8-20-16(12)21-11-6-9(17)5-10(18)7-11/h3-8H,1-2H3,(H,19,20,21). The molecule has 5 nitrogen and oxygen atoms in total. The van der Waals surface area contributed by atoms with Crippen molar-refractivity contribution in [3.8, 4) is 11.5 Å². The van der Waals surface area contributed by atoms with Crippen LogP contribution in [0.4, 0.5) is 11.5 Å². The van der Waals surface area contributed by atoms with Gasteiger partial charge in [-0.2, -0.15) is 0 Å². The Labute approximate surface area is 143 Å². The van der Waals surface area contributed by atoms with Crippen molar-refractivity contribution in [3.05, 3.63) is 46.7 Å². The van der Waals surface area contributed by atoms with Crippen LogP contribution in [-0.4, -0.2) is 24.2 Å². The van der Waals surface area contributed by atoms with Crippen LogP contribution in [0.5, 0.6) is 11.5 Å². The average Bonchev–Trinajstić information content (AvgIpc) is 2.53. The predicted octanol–water partition coefficient (Wildman–Crippen LogP) is 4.70. The van der Waals surface area contributed by atoms with Gasteiger partial charge in [-0.05, 0) is 30.3 Å². The molecule has 0 unspecified atom stereocenters. The fourth-order valence-corrected chi connectivity index (χ4v) is 2.83. The van der Waals surface area contributed by atoms with E-state index in [0.717, 1.165) is 11.1 Å². The van der Waals surface area contributed by atoms with E-state index in [0.29, 0.717) is 32.9 Å². The number of ether oxygens (including phenoxy) is 2. The molecule has 0 aliphatic rings. The van der Waals surface area contributed by atoms with E-state index in [9.17, 15) is 0 Å². The first-order chi connectivity index (χ1) is 11.1. The maximum Gasteiger partial charge on any atom is 0.187 e. The summed E-state index contributed by atoms with van der Waals surface area (Å²) in [5.74, 6) is 1.78. The van der Waals surface area contributed by atoms with Crippen molar-refractivity contribution in [2.45, 2.75) is 0 Å². The average molecular weight is 350 g/mol. The molecule has 0 saturated heterocycles. The number of hydrogen-bond acceptors (Lipinski definition) is 5. The lowest BCUT2D eigenvalue weighted by atomic mass is 10.2. The first-order valence-corrected chi connectivity index (χ1v) is 7.46. The monoisotopic (exact) mass is 349 g/mol. The summed E-state index contributed by atoms with van der Waals surface area (Å²) < 4.78 is 10.7. The van der Waals surface area contributed by atoms with Crippen LogP contribution in [0.15, 0.2) is 36.7 Å². The van der Waals surface area contributed by atoms with E-state index in [1.807, 2.05) is 6.07 Å². The molecule has 3 rings (SSSR count). The highest BCUT2D eigenvalue weighted by molar-refractivity contribution is 6.35. The highest BCUT2D eigenvalue weighted by Crippen LogP contribution is 2.37. The van der Waals surface area contributed by atoms with Crippen LogP contribution >= 0.6 is 23.2 Å². The molecule has 0 atom stereocenters. The quantitative estimate of drug-likeness (QED) is 0.739. The van der Waals surface area contributed by atoms with Crippen LogP contribution in [0.1, 0.15) is 0 Å². The molecule has 1 aromatic heterocycles. The summed E-state index contributed by atoms with van der Waals surface area (Å²) in [7, 11) is 3.15. The third-order valence-corrected chi connectivity index (χ3v) is 3.71. The number of rotatable bonds is 4. The molecule has 1 N–H and O–H groups in total. The van der Waals surface area contributed by atoms with Gasteiger partial charge in [0.2, 0.25) is 0 Å². The number of anilines is 2. The molecular formula is C16H13Cl2N3O2. The van der Waals surface area contributed by atoms with Crippen molar-refractivity contribution in [3.63, 3.8) is 0 Å². The molecular weight excluding hydrogens is 337 g/mol. The van der Waals surface area contributed by atoms with Gasteiger partial charge in [0.1, 0.15) is 17.7 Å². The number of halogens is 2. The van der Waals surface area contributed by atoms with Crippen molar-refractivity contribution in [2.75, 3.05) is 19.5 Å². The maximum absolute atomic E-state index is 6.03. The molecule has 0 aliphatic carbocycles. The number of benzene rings is 2. The van der Waals surface area contributed by atoms with Gasteiger partial charge in [0.25, 0.3) is 0 Å². The Morgan fingerprint density at radius 2 is 1.70 bits per heavy atom. The van der Waals surface area contributed by atoms with Crippen LogP contribution in [0, 0.1) is 0 Å². The molecule has 1 heterocycles. The summed E-state index contributed by atoms with van der Waals surface area (Å²) in [6, 6.07) is 8.87. The Morgan fingerprint density at radius 1 is 0.957 bits per heavy atom. The van der Waals surface area contributed by atoms with Gasteiger partial charge in [-0.3, -0.25) is 0 Å². The van der Waals surface area contributed by atoms with Gasteiger partial charge in [-0.1, -0.05) is 23.2 Å². The molecule has 0 spiro atoms. The maximum atomic E-state index is 6.03. The van der Waals surface area contributed by atoms with E-state index >= 15 is 0 Å². The Kier molecular flexibility index (Phi) is 4.41. The largest absolute Gasteiger partial charge is 0.493 e. The third-order valence-electron chi connectivity index (χ3n) is 3.27. The van der Waals surface area contributed by atoms with Gasteiger partial charge >= 0.3 is 0 Å². The second kappa shape index (κ2) is 6.48. The van der Waals surface area contributed by atoms with Gasteiger partial charge < -0.3 is 14.8 Å². The summed E-state index contributed by atoms with van der Waals surface area (Å²) in [5.41, 5.74) is 1.38. The summed E-state index contributed by atoms with van der Waals surface area (Å²) in [6.45, 7) is 0. The normalized spacial score (nSPS) is 10.6. The zero-order chi connectivity index (χ0) is 16.4. The fourth-order valence-electron chi connectivity index (χ4n) is 2.31. The number of nitrogens with zero attached hydrogens (tertiary/aromatic N) is 2. The van der Waals surface area contributed by atoms with Crippen LogP contribution in [0.25, 0.3) is 10.9 Å². The summed E-state index contributed by atoms with van der Waals surface area (Å²) >= 11 is 12.1. The second-order valence-electron chi connectivity index (χ2n) is 4.70. The van der Waals surface area contributed by atoms with Gasteiger partial charge in [0.05, 0.1) is 14.2 Å². The second-order valence-corrected chi connectivity index (χ2v) is 5.58. The molecule has 118 valence electrons. The Balaban J connectivity index is 2.11. The van der Waals surface area contributed by atoms with Crippen molar-refractivity contribution in [1.29, 1.82) is 0 Å². The lowest BCUT2D eigenvalue weighted by Gasteiger charge is -2.13. The van der Waals surface area contributed by atoms with Crippen molar-refractivity contribution >= 4 is 45.6 Å². The van der Waals surface area contributed by atoms with E-state index in [1.165, 1.54) is 6.33 Å². The van der Waals surface area contributed by atoms with Gasteiger partial charge in [-0.25, -0.2) is 9.97 Å². The molecule has 0 fully saturated rings. The summed E-state index contributed by atoms with van der Waals surface area (Å²) in [6.07, 6.45) is 1.46. The molecule has 0 bridgehead atoms. The Hall–Kier alpha value is -2.24. The molecule has 0 aliphatic heterocycles. The molecule has 3 aromatic rings. The van der Waals surface area contributed by atoms with E-state index in [-0.39, 0.29) is 0 Å². The van der Waals surface area contributed by atoms with Gasteiger partial charge in [0.15, 0.2) is 11.5 Å². The Morgan fingerprint density at radius 3 is 2.35 bits per heavy atom. The van der Waals surface area contributed by atoms with Crippen molar-refractivity contribution in [1.82, 2.24) is 9.97 Å². The van der Waals surface area contributed by atoms with E-state index < -0.39 is 0 Å². The zero-order valence-electron chi connectivity index (χ0n) is 12.4. The molecule has 0 radical (unpaired) electrons. The smallest absolute Gasteiger partial charge is 0.187 e. The lowest BCUT2D eigenvalue weighted by Crippen LogP contribution is -1.99. The van der Waals surface area contributed by atoms with Crippen molar-refractivity contribution in [2.24, 2.45) is 0 Å². The molecule has 0 saturated carbocycles. The topological polar surface area (TPSA) is 56.3 Å². The Bertz CT molecular complexity index is 851. The molecule has 7 heteroatoms. The molecule has 0 amide bonds. The minimum Gasteiger partial charge on any atom is -0.493 e. The fraction of sp³-hybridized carbons (Fsp3) is 0.125. The van der Waals surface area contributed by atoms with E-state index in [2.05, 4.69) is 15.3 Å². The van der Waals surface area contributed by atoms with E-state index in [1.54, 1.807) is 38.5 Å². The summed E-state index contributed by atoms with van der Waals surface area (Å²) in [5, 5.41) is 5.07. The minimum atomic E-state index is 0.539. The number of nitrogens with one attached hydrogen (secondary N) is 1. The molecule has 2 aromatic carbocycles. The number of aromatic nitrogens is 2. The van der Waals surface area contributed by atoms with E-state index in [4.69, 9.17) is 32.7 Å². The minimum absolute atomic E-state index is 0.539. The van der Waals surface area contributed by atoms with Gasteiger partial charge in [0, 0.05) is 21.1 Å². The number of fused-ring (bicyclic) bond motifs is 1. The first-order valence-electron chi connectivity index (χ1n) is 6.71. The van der Waals surface area contributed by atoms with Crippen LogP contribution < -0.4 is 14.8 Å². The first kappa shape index (κ1) is 15.6.